The normalized spacial score (nSPS) is 26.2. The minimum absolute atomic E-state index is 0.943. The molecule has 1 fully saturated rings. The molecule has 0 aromatic heterocycles. The van der Waals surface area contributed by atoms with E-state index < -0.39 is 0 Å². The molecule has 0 amide bonds. The lowest BCUT2D eigenvalue weighted by atomic mass is 9.84. The number of hydrogen-bond acceptors (Lipinski definition) is 0. The van der Waals surface area contributed by atoms with E-state index >= 15 is 0 Å². The molecule has 0 nitrogen and oxygen atoms in total. The number of allylic oxidation sites excluding steroid dienone is 2. The van der Waals surface area contributed by atoms with E-state index in [1.807, 2.05) is 0 Å². The summed E-state index contributed by atoms with van der Waals surface area (Å²) in [6.07, 6.45) is 12.3. The minimum atomic E-state index is 0.943. The molecule has 3 rings (SSSR count). The molecule has 1 aromatic rings. The van der Waals surface area contributed by atoms with Crippen molar-refractivity contribution in [1.82, 2.24) is 0 Å². The quantitative estimate of drug-likeness (QED) is 0.425. The van der Waals surface area contributed by atoms with Crippen molar-refractivity contribution < 1.29 is 0 Å². The Labute approximate surface area is 151 Å². The van der Waals surface area contributed by atoms with Gasteiger partial charge in [0.15, 0.2) is 0 Å². The van der Waals surface area contributed by atoms with Crippen LogP contribution in [0.3, 0.4) is 0 Å². The van der Waals surface area contributed by atoms with Crippen LogP contribution >= 0.6 is 0 Å². The van der Waals surface area contributed by atoms with Crippen molar-refractivity contribution >= 4 is 0 Å². The second-order valence-corrected chi connectivity index (χ2v) is 8.45. The molecule has 1 saturated carbocycles. The van der Waals surface area contributed by atoms with Crippen LogP contribution < -0.4 is 0 Å². The van der Waals surface area contributed by atoms with Crippen molar-refractivity contribution in [2.45, 2.75) is 86.5 Å². The van der Waals surface area contributed by atoms with Crippen molar-refractivity contribution in [3.63, 3.8) is 0 Å². The first-order valence-electron chi connectivity index (χ1n) is 10.1. The maximum atomic E-state index is 2.37. The zero-order valence-corrected chi connectivity index (χ0v) is 17.1. The number of benzene rings is 1. The molecule has 0 radical (unpaired) electrons. The minimum Gasteiger partial charge on any atom is -0.0853 e. The molecule has 2 aliphatic carbocycles. The zero-order valence-electron chi connectivity index (χ0n) is 17.1. The Morgan fingerprint density at radius 3 is 1.33 bits per heavy atom. The Bertz CT molecular complexity index is 426. The topological polar surface area (TPSA) is 0 Å². The highest BCUT2D eigenvalue weighted by Gasteiger charge is 2.13. The van der Waals surface area contributed by atoms with Gasteiger partial charge in [-0.05, 0) is 57.8 Å². The molecule has 0 N–H and O–H groups in total. The van der Waals surface area contributed by atoms with E-state index in [0.29, 0.717) is 0 Å². The third-order valence-corrected chi connectivity index (χ3v) is 5.42. The number of aryl methyl sites for hydroxylation is 2. The van der Waals surface area contributed by atoms with Gasteiger partial charge in [0, 0.05) is 0 Å². The first kappa shape index (κ1) is 21.0. The number of rotatable bonds is 0. The van der Waals surface area contributed by atoms with E-state index in [0.717, 1.165) is 17.8 Å². The van der Waals surface area contributed by atoms with E-state index in [-0.39, 0.29) is 0 Å². The fraction of sp³-hybridized carbons (Fsp3) is 0.667. The fourth-order valence-electron chi connectivity index (χ4n) is 3.16. The van der Waals surface area contributed by atoms with Crippen LogP contribution in [-0.4, -0.2) is 0 Å². The van der Waals surface area contributed by atoms with Crippen LogP contribution in [0, 0.1) is 31.6 Å². The van der Waals surface area contributed by atoms with Gasteiger partial charge in [-0.1, -0.05) is 93.5 Å². The van der Waals surface area contributed by atoms with Crippen molar-refractivity contribution in [2.75, 3.05) is 0 Å². The summed E-state index contributed by atoms with van der Waals surface area (Å²) in [7, 11) is 0. The molecule has 1 aromatic carbocycles. The van der Waals surface area contributed by atoms with E-state index in [1.54, 1.807) is 5.57 Å². The Balaban J connectivity index is 0.000000180. The summed E-state index contributed by atoms with van der Waals surface area (Å²) in [5.74, 6) is 2.98. The molecule has 0 spiro atoms. The molecular weight excluding hydrogens is 288 g/mol. The molecule has 0 heterocycles. The molecule has 0 heteroatoms. The van der Waals surface area contributed by atoms with Gasteiger partial charge in [0.2, 0.25) is 0 Å². The second-order valence-electron chi connectivity index (χ2n) is 8.45. The Morgan fingerprint density at radius 1 is 0.625 bits per heavy atom. The van der Waals surface area contributed by atoms with Gasteiger partial charge in [-0.3, -0.25) is 0 Å². The van der Waals surface area contributed by atoms with Crippen molar-refractivity contribution in [2.24, 2.45) is 17.8 Å². The predicted molar refractivity (Wildman–Crippen MR) is 109 cm³/mol. The van der Waals surface area contributed by atoms with E-state index in [2.05, 4.69) is 71.9 Å². The van der Waals surface area contributed by atoms with Crippen molar-refractivity contribution in [3.8, 4) is 0 Å². The van der Waals surface area contributed by atoms with Gasteiger partial charge in [0.25, 0.3) is 0 Å². The van der Waals surface area contributed by atoms with Gasteiger partial charge in [0.1, 0.15) is 0 Å². The van der Waals surface area contributed by atoms with E-state index in [1.165, 1.54) is 56.1 Å². The molecule has 2 aliphatic rings. The highest BCUT2D eigenvalue weighted by atomic mass is 14.2. The van der Waals surface area contributed by atoms with Gasteiger partial charge in [-0.15, -0.1) is 0 Å². The summed E-state index contributed by atoms with van der Waals surface area (Å²) in [4.78, 5) is 0. The Hall–Kier alpha value is -1.04. The van der Waals surface area contributed by atoms with Crippen molar-refractivity contribution in [1.29, 1.82) is 0 Å². The lowest BCUT2D eigenvalue weighted by Gasteiger charge is -2.22. The van der Waals surface area contributed by atoms with Gasteiger partial charge in [-0.2, -0.15) is 0 Å². The van der Waals surface area contributed by atoms with Gasteiger partial charge in [0.05, 0.1) is 0 Å². The smallest absolute Gasteiger partial charge is 0.0320 e. The average Bonchev–Trinajstić information content (AvgIpc) is 2.57. The van der Waals surface area contributed by atoms with Crippen LogP contribution in [0.25, 0.3) is 0 Å². The molecule has 0 bridgehead atoms. The number of hydrogen-bond donors (Lipinski definition) is 0. The molecule has 1 unspecified atom stereocenters. The first-order chi connectivity index (χ1) is 11.4. The monoisotopic (exact) mass is 328 g/mol. The van der Waals surface area contributed by atoms with Crippen LogP contribution in [0.5, 0.6) is 0 Å². The van der Waals surface area contributed by atoms with Gasteiger partial charge < -0.3 is 0 Å². The first-order valence-corrected chi connectivity index (χ1v) is 10.1. The van der Waals surface area contributed by atoms with Crippen LogP contribution in [0.2, 0.25) is 0 Å². The standard InChI is InChI=1S/C8H16.C8H14.C8H10/c3*1-7-3-5-8(2)6-4-7/h7-8H,3-6H2,1-2H3;3,8H,4-6H2,1-2H3;3-6H,1-2H3. The largest absolute Gasteiger partial charge is 0.0853 e. The fourth-order valence-corrected chi connectivity index (χ4v) is 3.16. The second kappa shape index (κ2) is 11.5. The summed E-state index contributed by atoms with van der Waals surface area (Å²) < 4.78 is 0. The third-order valence-electron chi connectivity index (χ3n) is 5.42. The highest BCUT2D eigenvalue weighted by Crippen LogP contribution is 2.27. The lowest BCUT2D eigenvalue weighted by molar-refractivity contribution is 0.308. The Morgan fingerprint density at radius 2 is 1.04 bits per heavy atom. The summed E-state index contributed by atoms with van der Waals surface area (Å²) in [6.45, 7) is 13.5. The molecule has 1 atom stereocenters. The van der Waals surface area contributed by atoms with E-state index in [9.17, 15) is 0 Å². The maximum Gasteiger partial charge on any atom is -0.0320 e. The molecular formula is C24H40. The van der Waals surface area contributed by atoms with E-state index in [4.69, 9.17) is 0 Å². The summed E-state index contributed by atoms with van der Waals surface area (Å²) in [5.41, 5.74) is 4.24. The lowest BCUT2D eigenvalue weighted by Crippen LogP contribution is -2.08. The molecule has 0 aliphatic heterocycles. The summed E-state index contributed by atoms with van der Waals surface area (Å²) >= 11 is 0. The summed E-state index contributed by atoms with van der Waals surface area (Å²) in [6, 6.07) is 8.48. The van der Waals surface area contributed by atoms with Crippen LogP contribution in [0.15, 0.2) is 35.9 Å². The van der Waals surface area contributed by atoms with Gasteiger partial charge in [-0.25, -0.2) is 0 Å². The van der Waals surface area contributed by atoms with Crippen LogP contribution in [0.4, 0.5) is 0 Å². The van der Waals surface area contributed by atoms with Crippen molar-refractivity contribution in [3.05, 3.63) is 47.0 Å². The van der Waals surface area contributed by atoms with Gasteiger partial charge >= 0.3 is 0 Å². The third kappa shape index (κ3) is 9.96. The Kier molecular flexibility index (Phi) is 10.1. The molecule has 0 saturated heterocycles. The summed E-state index contributed by atoms with van der Waals surface area (Å²) in [5, 5.41) is 0. The van der Waals surface area contributed by atoms with Crippen LogP contribution in [0.1, 0.15) is 83.8 Å². The molecule has 136 valence electrons. The SMILES string of the molecule is CC1=CCC(C)CC1.CC1CCC(C)CC1.Cc1ccc(C)cc1. The highest BCUT2D eigenvalue weighted by molar-refractivity contribution is 5.19. The average molecular weight is 329 g/mol. The zero-order chi connectivity index (χ0) is 17.9. The predicted octanol–water partition coefficient (Wildman–Crippen LogP) is 7.89. The molecule has 24 heavy (non-hydrogen) atoms. The maximum absolute atomic E-state index is 2.37. The van der Waals surface area contributed by atoms with Crippen LogP contribution in [-0.2, 0) is 0 Å².